The number of halogens is 1. The number of rotatable bonds is 7. The fraction of sp³-hybridized carbons (Fsp3) is 0.167. The molecule has 28 heavy (non-hydrogen) atoms. The molecule has 0 fully saturated rings. The van der Waals surface area contributed by atoms with E-state index >= 15 is 0 Å². The van der Waals surface area contributed by atoms with Gasteiger partial charge in [-0.2, -0.15) is 0 Å². The molecule has 0 aromatic heterocycles. The molecular weight excluding hydrogens is 463 g/mol. The third kappa shape index (κ3) is 4.75. The molecule has 0 aliphatic rings. The highest BCUT2D eigenvalue weighted by Crippen LogP contribution is 2.29. The summed E-state index contributed by atoms with van der Waals surface area (Å²) in [5, 5.41) is 0. The molecule has 0 aliphatic heterocycles. The van der Waals surface area contributed by atoms with Crippen molar-refractivity contribution >= 4 is 28.6 Å². The maximum atomic E-state index is 5.88. The average molecular weight is 486 g/mol. The summed E-state index contributed by atoms with van der Waals surface area (Å²) in [7, 11) is 1.72. The molecule has 0 radical (unpaired) electrons. The van der Waals surface area contributed by atoms with Crippen LogP contribution in [0.3, 0.4) is 0 Å². The van der Waals surface area contributed by atoms with Crippen LogP contribution in [-0.2, 0) is 10.3 Å². The van der Waals surface area contributed by atoms with Gasteiger partial charge in [-0.3, -0.25) is 0 Å². The van der Waals surface area contributed by atoms with Crippen molar-refractivity contribution in [2.75, 3.05) is 7.11 Å². The molecule has 3 aromatic carbocycles. The number of ether oxygens (including phenoxy) is 2. The molecule has 3 rings (SSSR count). The summed E-state index contributed by atoms with van der Waals surface area (Å²) < 4.78 is 16.6. The number of benzene rings is 3. The van der Waals surface area contributed by atoms with Crippen molar-refractivity contribution in [1.29, 1.82) is 0 Å². The first-order valence-electron chi connectivity index (χ1n) is 8.95. The Morgan fingerprint density at radius 2 is 1.18 bits per heavy atom. The molecule has 0 N–H and O–H groups in total. The second-order valence-corrected chi connectivity index (χ2v) is 7.39. The predicted octanol–water partition coefficient (Wildman–Crippen LogP) is 7.15. The van der Waals surface area contributed by atoms with Crippen molar-refractivity contribution in [3.05, 3.63) is 96.1 Å². The van der Waals surface area contributed by atoms with Gasteiger partial charge in [-0.25, -0.2) is 0 Å². The fourth-order valence-corrected chi connectivity index (χ4v) is 3.07. The Morgan fingerprint density at radius 3 is 1.64 bits per heavy atom. The van der Waals surface area contributed by atoms with E-state index in [1.54, 1.807) is 7.11 Å². The topological polar surface area (TPSA) is 27.7 Å². The van der Waals surface area contributed by atoms with Gasteiger partial charge in [0.25, 0.3) is 0 Å². The van der Waals surface area contributed by atoms with Crippen molar-refractivity contribution in [2.45, 2.75) is 19.4 Å². The lowest BCUT2D eigenvalue weighted by atomic mass is 9.93. The van der Waals surface area contributed by atoms with Crippen molar-refractivity contribution < 1.29 is 12.5 Å². The summed E-state index contributed by atoms with van der Waals surface area (Å²) in [5.74, 6) is 2.33. The first-order valence-corrected chi connectivity index (χ1v) is 9.83. The van der Waals surface area contributed by atoms with Gasteiger partial charge in [0.05, 0.1) is 5.60 Å². The van der Waals surface area contributed by atoms with Gasteiger partial charge in [0.15, 0.2) is 23.0 Å². The SMILES string of the molecule is C=C(c1ccc(Oc2ccc(OI)cc2)cc1)c1ccc(C(C)(C)OC)cc1. The lowest BCUT2D eigenvalue weighted by molar-refractivity contribution is 0.0192. The van der Waals surface area contributed by atoms with Crippen LogP contribution >= 0.6 is 23.0 Å². The summed E-state index contributed by atoms with van der Waals surface area (Å²) in [6.45, 7) is 8.36. The third-order valence-electron chi connectivity index (χ3n) is 4.79. The lowest BCUT2D eigenvalue weighted by Crippen LogP contribution is -2.19. The van der Waals surface area contributed by atoms with E-state index in [2.05, 4.69) is 44.7 Å². The zero-order valence-electron chi connectivity index (χ0n) is 16.2. The van der Waals surface area contributed by atoms with Gasteiger partial charge in [0.1, 0.15) is 17.2 Å². The number of methoxy groups -OCH3 is 1. The standard InChI is InChI=1S/C24H23IO3/c1-17(18-5-9-20(10-6-18)24(2,3)26-4)19-7-11-21(12-8-19)27-22-13-15-23(28-25)16-14-22/h5-16H,1H2,2-4H3. The van der Waals surface area contributed by atoms with Crippen LogP contribution in [0.2, 0.25) is 0 Å². The van der Waals surface area contributed by atoms with Gasteiger partial charge in [-0.05, 0) is 72.5 Å². The molecule has 0 saturated heterocycles. The minimum atomic E-state index is -0.306. The van der Waals surface area contributed by atoms with Crippen molar-refractivity contribution in [1.82, 2.24) is 0 Å². The zero-order valence-corrected chi connectivity index (χ0v) is 18.4. The zero-order chi connectivity index (χ0) is 20.1. The van der Waals surface area contributed by atoms with E-state index in [4.69, 9.17) is 12.5 Å². The Morgan fingerprint density at radius 1 is 0.750 bits per heavy atom. The third-order valence-corrected chi connectivity index (χ3v) is 5.30. The quantitative estimate of drug-likeness (QED) is 0.332. The molecule has 0 unspecified atom stereocenters. The van der Waals surface area contributed by atoms with Crippen LogP contribution in [0.5, 0.6) is 17.2 Å². The van der Waals surface area contributed by atoms with E-state index in [0.29, 0.717) is 0 Å². The van der Waals surface area contributed by atoms with Crippen molar-refractivity contribution in [3.8, 4) is 17.2 Å². The van der Waals surface area contributed by atoms with E-state index in [9.17, 15) is 0 Å². The molecule has 0 spiro atoms. The van der Waals surface area contributed by atoms with Gasteiger partial charge >= 0.3 is 0 Å². The number of hydrogen-bond acceptors (Lipinski definition) is 3. The van der Waals surface area contributed by atoms with Crippen molar-refractivity contribution in [3.63, 3.8) is 0 Å². The summed E-state index contributed by atoms with van der Waals surface area (Å²) in [6.07, 6.45) is 0. The highest BCUT2D eigenvalue weighted by atomic mass is 127. The van der Waals surface area contributed by atoms with Crippen LogP contribution in [0, 0.1) is 0 Å². The smallest absolute Gasteiger partial charge is 0.192 e. The Labute approximate surface area is 180 Å². The van der Waals surface area contributed by atoms with Crippen LogP contribution in [0.1, 0.15) is 30.5 Å². The predicted molar refractivity (Wildman–Crippen MR) is 122 cm³/mol. The Bertz CT molecular complexity index is 927. The normalized spacial score (nSPS) is 11.1. The Hall–Kier alpha value is -2.31. The molecular formula is C24H23IO3. The van der Waals surface area contributed by atoms with Crippen LogP contribution in [0.4, 0.5) is 0 Å². The van der Waals surface area contributed by atoms with Gasteiger partial charge < -0.3 is 12.5 Å². The molecule has 0 amide bonds. The largest absolute Gasteiger partial charge is 0.457 e. The second kappa shape index (κ2) is 8.80. The lowest BCUT2D eigenvalue weighted by Gasteiger charge is -2.23. The molecule has 144 valence electrons. The summed E-state index contributed by atoms with van der Waals surface area (Å²) in [6, 6.07) is 23.8. The highest BCUT2D eigenvalue weighted by Gasteiger charge is 2.19. The first kappa shape index (κ1) is 20.4. The number of hydrogen-bond donors (Lipinski definition) is 0. The summed E-state index contributed by atoms with van der Waals surface area (Å²) in [4.78, 5) is 0. The van der Waals surface area contributed by atoms with E-state index in [-0.39, 0.29) is 5.60 Å². The first-order chi connectivity index (χ1) is 13.4. The van der Waals surface area contributed by atoms with Crippen LogP contribution in [0.15, 0.2) is 79.4 Å². The molecule has 0 aliphatic carbocycles. The molecule has 0 atom stereocenters. The van der Waals surface area contributed by atoms with E-state index in [1.807, 2.05) is 71.5 Å². The molecule has 0 bridgehead atoms. The van der Waals surface area contributed by atoms with E-state index < -0.39 is 0 Å². The fourth-order valence-electron chi connectivity index (χ4n) is 2.78. The van der Waals surface area contributed by atoms with Crippen LogP contribution < -0.4 is 7.80 Å². The molecule has 4 heteroatoms. The van der Waals surface area contributed by atoms with E-state index in [1.165, 1.54) is 0 Å². The van der Waals surface area contributed by atoms with Crippen LogP contribution in [-0.4, -0.2) is 7.11 Å². The van der Waals surface area contributed by atoms with E-state index in [0.717, 1.165) is 39.5 Å². The van der Waals surface area contributed by atoms with Gasteiger partial charge in [0.2, 0.25) is 0 Å². The van der Waals surface area contributed by atoms with Gasteiger partial charge in [-0.15, -0.1) is 0 Å². The monoisotopic (exact) mass is 486 g/mol. The average Bonchev–Trinajstić information content (AvgIpc) is 2.74. The Kier molecular flexibility index (Phi) is 6.42. The van der Waals surface area contributed by atoms with Gasteiger partial charge in [0, 0.05) is 7.11 Å². The van der Waals surface area contributed by atoms with Crippen molar-refractivity contribution in [2.24, 2.45) is 0 Å². The maximum absolute atomic E-state index is 5.88. The van der Waals surface area contributed by atoms with Crippen LogP contribution in [0.25, 0.3) is 5.57 Å². The summed E-state index contributed by atoms with van der Waals surface area (Å²) >= 11 is 1.86. The summed E-state index contributed by atoms with van der Waals surface area (Å²) in [5.41, 5.74) is 3.93. The molecule has 0 heterocycles. The minimum absolute atomic E-state index is 0.306. The maximum Gasteiger partial charge on any atom is 0.192 e. The second-order valence-electron chi connectivity index (χ2n) is 6.95. The Balaban J connectivity index is 1.71. The van der Waals surface area contributed by atoms with Gasteiger partial charge in [-0.1, -0.05) is 43.0 Å². The minimum Gasteiger partial charge on any atom is -0.457 e. The molecule has 3 nitrogen and oxygen atoms in total. The molecule has 0 saturated carbocycles. The highest BCUT2D eigenvalue weighted by molar-refractivity contribution is 14.1. The molecule has 3 aromatic rings.